The van der Waals surface area contributed by atoms with Crippen molar-refractivity contribution in [3.63, 3.8) is 0 Å². The largest absolute Gasteiger partial charge is 0.385 e. The Morgan fingerprint density at radius 2 is 2.17 bits per heavy atom. The first-order valence-corrected chi connectivity index (χ1v) is 6.06. The molecule has 1 aromatic rings. The summed E-state index contributed by atoms with van der Waals surface area (Å²) in [4.78, 5) is 21.6. The molecule has 0 aromatic carbocycles. The Balaban J connectivity index is 2.31. The SMILES string of the molecule is Cc1ccc(C2C(N)=NC(=O)N2CC(C)C)cn1. The number of amides is 2. The predicted molar refractivity (Wildman–Crippen MR) is 70.3 cm³/mol. The first kappa shape index (κ1) is 12.5. The number of aromatic nitrogens is 1. The monoisotopic (exact) mass is 246 g/mol. The fourth-order valence-corrected chi connectivity index (χ4v) is 2.07. The molecular formula is C13H18N4O. The van der Waals surface area contributed by atoms with Crippen LogP contribution in [0, 0.1) is 12.8 Å². The van der Waals surface area contributed by atoms with Gasteiger partial charge < -0.3 is 10.6 Å². The number of carbonyl (C=O) groups excluding carboxylic acids is 1. The summed E-state index contributed by atoms with van der Waals surface area (Å²) < 4.78 is 0. The van der Waals surface area contributed by atoms with Crippen molar-refractivity contribution >= 4 is 11.9 Å². The van der Waals surface area contributed by atoms with Crippen LogP contribution in [0.5, 0.6) is 0 Å². The van der Waals surface area contributed by atoms with E-state index >= 15 is 0 Å². The van der Waals surface area contributed by atoms with Gasteiger partial charge in [-0.3, -0.25) is 4.98 Å². The van der Waals surface area contributed by atoms with Gasteiger partial charge in [0.05, 0.1) is 0 Å². The first-order chi connectivity index (χ1) is 8.49. The zero-order valence-electron chi connectivity index (χ0n) is 10.9. The van der Waals surface area contributed by atoms with Crippen molar-refractivity contribution in [1.82, 2.24) is 9.88 Å². The molecule has 5 heteroatoms. The van der Waals surface area contributed by atoms with E-state index in [0.717, 1.165) is 11.3 Å². The Labute approximate surface area is 107 Å². The van der Waals surface area contributed by atoms with Crippen LogP contribution in [0.1, 0.15) is 31.1 Å². The van der Waals surface area contributed by atoms with Crippen LogP contribution in [0.15, 0.2) is 23.3 Å². The van der Waals surface area contributed by atoms with E-state index in [4.69, 9.17) is 5.73 Å². The summed E-state index contributed by atoms with van der Waals surface area (Å²) >= 11 is 0. The van der Waals surface area contributed by atoms with Crippen molar-refractivity contribution in [2.24, 2.45) is 16.6 Å². The highest BCUT2D eigenvalue weighted by Gasteiger charge is 2.34. The Hall–Kier alpha value is -1.91. The number of carbonyl (C=O) groups is 1. The summed E-state index contributed by atoms with van der Waals surface area (Å²) in [5.41, 5.74) is 7.71. The van der Waals surface area contributed by atoms with Gasteiger partial charge in [-0.2, -0.15) is 4.99 Å². The van der Waals surface area contributed by atoms with Gasteiger partial charge in [-0.05, 0) is 18.9 Å². The van der Waals surface area contributed by atoms with Crippen molar-refractivity contribution < 1.29 is 4.79 Å². The number of pyridine rings is 1. The standard InChI is InChI=1S/C13H18N4O/c1-8(2)7-17-11(12(14)16-13(17)18)10-5-4-9(3)15-6-10/h4-6,8,11H,7H2,1-3H3,(H2,14,16,18). The van der Waals surface area contributed by atoms with E-state index in [1.165, 1.54) is 0 Å². The highest BCUT2D eigenvalue weighted by Crippen LogP contribution is 2.27. The Bertz CT molecular complexity index is 478. The van der Waals surface area contributed by atoms with Gasteiger partial charge in [0.1, 0.15) is 11.9 Å². The molecule has 0 saturated heterocycles. The molecule has 2 rings (SSSR count). The molecule has 1 unspecified atom stereocenters. The van der Waals surface area contributed by atoms with Crippen molar-refractivity contribution in [3.8, 4) is 0 Å². The molecule has 0 saturated carbocycles. The van der Waals surface area contributed by atoms with Crippen LogP contribution in [-0.2, 0) is 0 Å². The quantitative estimate of drug-likeness (QED) is 0.885. The molecule has 1 aromatic heterocycles. The number of nitrogens with two attached hydrogens (primary N) is 1. The number of hydrogen-bond donors (Lipinski definition) is 1. The van der Waals surface area contributed by atoms with Crippen LogP contribution in [-0.4, -0.2) is 28.3 Å². The van der Waals surface area contributed by atoms with Crippen LogP contribution < -0.4 is 5.73 Å². The maximum Gasteiger partial charge on any atom is 0.346 e. The summed E-state index contributed by atoms with van der Waals surface area (Å²) in [5, 5.41) is 0. The third-order valence-corrected chi connectivity index (χ3v) is 2.87. The second kappa shape index (κ2) is 4.76. The number of hydrogen-bond acceptors (Lipinski definition) is 3. The highest BCUT2D eigenvalue weighted by atomic mass is 16.2. The summed E-state index contributed by atoms with van der Waals surface area (Å²) in [6.45, 7) is 6.69. The lowest BCUT2D eigenvalue weighted by molar-refractivity contribution is 0.199. The number of urea groups is 1. The summed E-state index contributed by atoms with van der Waals surface area (Å²) in [7, 11) is 0. The maximum atomic E-state index is 11.8. The van der Waals surface area contributed by atoms with Gasteiger partial charge in [-0.1, -0.05) is 19.9 Å². The van der Waals surface area contributed by atoms with Crippen molar-refractivity contribution in [1.29, 1.82) is 0 Å². The van der Waals surface area contributed by atoms with Gasteiger partial charge in [0.15, 0.2) is 0 Å². The minimum atomic E-state index is -0.270. The normalized spacial score (nSPS) is 19.6. The molecule has 1 atom stereocenters. The minimum absolute atomic E-state index is 0.258. The number of nitrogens with zero attached hydrogens (tertiary/aromatic N) is 3. The molecule has 0 bridgehead atoms. The molecule has 2 N–H and O–H groups in total. The molecule has 0 radical (unpaired) electrons. The van der Waals surface area contributed by atoms with Crippen LogP contribution in [0.25, 0.3) is 0 Å². The van der Waals surface area contributed by atoms with Gasteiger partial charge >= 0.3 is 6.03 Å². The fourth-order valence-electron chi connectivity index (χ4n) is 2.07. The molecule has 2 amide bonds. The maximum absolute atomic E-state index is 11.8. The summed E-state index contributed by atoms with van der Waals surface area (Å²) in [6.07, 6.45) is 1.76. The van der Waals surface area contributed by atoms with Crippen molar-refractivity contribution in [2.45, 2.75) is 26.8 Å². The summed E-state index contributed by atoms with van der Waals surface area (Å²) in [6, 6.07) is 3.33. The van der Waals surface area contributed by atoms with Crippen LogP contribution in [0.4, 0.5) is 4.79 Å². The molecule has 1 aliphatic heterocycles. The van der Waals surface area contributed by atoms with Gasteiger partial charge in [0, 0.05) is 24.0 Å². The van der Waals surface area contributed by atoms with Gasteiger partial charge in [0.25, 0.3) is 0 Å². The Morgan fingerprint density at radius 1 is 1.44 bits per heavy atom. The number of aryl methyl sites for hydroxylation is 1. The van der Waals surface area contributed by atoms with Crippen LogP contribution >= 0.6 is 0 Å². The summed E-state index contributed by atoms with van der Waals surface area (Å²) in [5.74, 6) is 0.724. The molecule has 18 heavy (non-hydrogen) atoms. The molecular weight excluding hydrogens is 228 g/mol. The zero-order valence-corrected chi connectivity index (χ0v) is 10.9. The number of aliphatic imine (C=N–C) groups is 1. The lowest BCUT2D eigenvalue weighted by Crippen LogP contribution is -2.35. The highest BCUT2D eigenvalue weighted by molar-refractivity contribution is 6.03. The second-order valence-electron chi connectivity index (χ2n) is 5.00. The molecule has 0 fully saturated rings. The first-order valence-electron chi connectivity index (χ1n) is 6.06. The number of rotatable bonds is 3. The lowest BCUT2D eigenvalue weighted by Gasteiger charge is -2.25. The molecule has 1 aliphatic rings. The van der Waals surface area contributed by atoms with E-state index in [2.05, 4.69) is 23.8 Å². The van der Waals surface area contributed by atoms with Gasteiger partial charge in [-0.25, -0.2) is 4.79 Å². The minimum Gasteiger partial charge on any atom is -0.385 e. The van der Waals surface area contributed by atoms with Crippen LogP contribution in [0.2, 0.25) is 0 Å². The van der Waals surface area contributed by atoms with E-state index in [9.17, 15) is 4.79 Å². The van der Waals surface area contributed by atoms with E-state index in [1.807, 2.05) is 19.1 Å². The zero-order chi connectivity index (χ0) is 13.3. The Kier molecular flexibility index (Phi) is 3.32. The third-order valence-electron chi connectivity index (χ3n) is 2.87. The molecule has 5 nitrogen and oxygen atoms in total. The molecule has 0 aliphatic carbocycles. The number of amidine groups is 1. The molecule has 2 heterocycles. The fraction of sp³-hybridized carbons (Fsp3) is 0.462. The van der Waals surface area contributed by atoms with Crippen molar-refractivity contribution in [2.75, 3.05) is 6.54 Å². The van der Waals surface area contributed by atoms with Gasteiger partial charge in [0.2, 0.25) is 0 Å². The van der Waals surface area contributed by atoms with E-state index in [1.54, 1.807) is 11.1 Å². The average Bonchev–Trinajstić information content (AvgIpc) is 2.55. The van der Waals surface area contributed by atoms with Crippen LogP contribution in [0.3, 0.4) is 0 Å². The third kappa shape index (κ3) is 2.34. The topological polar surface area (TPSA) is 71.6 Å². The van der Waals surface area contributed by atoms with Gasteiger partial charge in [-0.15, -0.1) is 0 Å². The van der Waals surface area contributed by atoms with E-state index in [0.29, 0.717) is 18.3 Å². The van der Waals surface area contributed by atoms with E-state index < -0.39 is 0 Å². The van der Waals surface area contributed by atoms with E-state index in [-0.39, 0.29) is 12.1 Å². The Morgan fingerprint density at radius 3 is 2.72 bits per heavy atom. The van der Waals surface area contributed by atoms with Crippen molar-refractivity contribution in [3.05, 3.63) is 29.6 Å². The molecule has 0 spiro atoms. The smallest absolute Gasteiger partial charge is 0.346 e. The average molecular weight is 246 g/mol. The molecule has 96 valence electrons. The second-order valence-corrected chi connectivity index (χ2v) is 5.00. The predicted octanol–water partition coefficient (Wildman–Crippen LogP) is 1.88. The lowest BCUT2D eigenvalue weighted by atomic mass is 10.1.